The molecule has 14 aliphatic heterocycles. The van der Waals surface area contributed by atoms with Crippen LogP contribution in [0, 0.1) is 0 Å². The molecular weight excluding hydrogens is 1370 g/mol. The molecule has 578 valence electrons. The Hall–Kier alpha value is -6.23. The molecule has 106 heavy (non-hydrogen) atoms. The van der Waals surface area contributed by atoms with E-state index in [1.807, 2.05) is 24.3 Å². The molecule has 27 heteroatoms. The van der Waals surface area contributed by atoms with Crippen molar-refractivity contribution in [3.63, 3.8) is 0 Å². The summed E-state index contributed by atoms with van der Waals surface area (Å²) >= 11 is 0. The van der Waals surface area contributed by atoms with E-state index in [2.05, 4.69) is 121 Å². The average Bonchev–Trinajstić information content (AvgIpc) is 1.58. The number of benzene rings is 4. The highest BCUT2D eigenvalue weighted by Crippen LogP contribution is 2.52. The lowest BCUT2D eigenvalue weighted by Gasteiger charge is -2.47. The van der Waals surface area contributed by atoms with Crippen LogP contribution in [0.5, 0.6) is 0 Å². The van der Waals surface area contributed by atoms with Crippen LogP contribution in [0.4, 0.5) is 11.4 Å². The predicted octanol–water partition coefficient (Wildman–Crippen LogP) is 2.65. The summed E-state index contributed by atoms with van der Waals surface area (Å²) in [4.78, 5) is 30.8. The Balaban J connectivity index is 0.702. The summed E-state index contributed by atoms with van der Waals surface area (Å²) in [6.45, 7) is 7.31. The van der Waals surface area contributed by atoms with Crippen LogP contribution in [0.2, 0.25) is 0 Å². The van der Waals surface area contributed by atoms with Crippen LogP contribution in [0.3, 0.4) is 0 Å². The van der Waals surface area contributed by atoms with Crippen molar-refractivity contribution in [1.82, 2.24) is 10.6 Å². The van der Waals surface area contributed by atoms with E-state index >= 15 is 0 Å². The molecular formula is C79H105N4O23+. The van der Waals surface area contributed by atoms with Crippen LogP contribution in [0.1, 0.15) is 96.6 Å². The van der Waals surface area contributed by atoms with Gasteiger partial charge in [0.1, 0.15) is 110 Å². The lowest BCUT2D eigenvalue weighted by Crippen LogP contribution is -2.65. The molecule has 20 atom stereocenters. The fraction of sp³-hybridized carbons (Fsp3) is 0.608. The highest BCUT2D eigenvalue weighted by molar-refractivity contribution is 6.08. The molecule has 12 fully saturated rings. The monoisotopic (exact) mass is 1480 g/mol. The highest BCUT2D eigenvalue weighted by atomic mass is 16.7. The van der Waals surface area contributed by atoms with Crippen LogP contribution in [-0.2, 0) is 72.5 Å². The van der Waals surface area contributed by atoms with Gasteiger partial charge in [-0.2, -0.15) is 4.58 Å². The largest absolute Gasteiger partial charge is 0.496 e. The molecule has 0 saturated carbocycles. The van der Waals surface area contributed by atoms with Gasteiger partial charge in [0, 0.05) is 74.0 Å². The number of hydrogen-bond acceptors (Lipinski definition) is 24. The third kappa shape index (κ3) is 15.7. The molecule has 12 N–H and O–H groups in total. The van der Waals surface area contributed by atoms with Gasteiger partial charge in [0.2, 0.25) is 18.1 Å². The van der Waals surface area contributed by atoms with Crippen LogP contribution in [0.15, 0.2) is 120 Å². The molecule has 0 aromatic heterocycles. The van der Waals surface area contributed by atoms with E-state index in [4.69, 9.17) is 52.1 Å². The minimum absolute atomic E-state index is 0.00410. The van der Waals surface area contributed by atoms with Crippen molar-refractivity contribution >= 4 is 50.4 Å². The van der Waals surface area contributed by atoms with E-state index in [0.717, 1.165) is 91.6 Å². The van der Waals surface area contributed by atoms with Crippen LogP contribution in [-0.4, -0.2) is 282 Å². The smallest absolute Gasteiger partial charge is 0.286 e. The number of allylic oxidation sites excluding steroid dienone is 7. The van der Waals surface area contributed by atoms with Gasteiger partial charge in [0.25, 0.3) is 5.91 Å². The minimum atomic E-state index is -1.60. The number of rotatable bonds is 22. The molecule has 2 unspecified atom stereocenters. The number of fused-ring (bicyclic) bond motifs is 6. The second kappa shape index (κ2) is 33.9. The van der Waals surface area contributed by atoms with Crippen LogP contribution >= 0.6 is 0 Å². The number of hydrogen-bond donors (Lipinski definition) is 12. The van der Waals surface area contributed by atoms with E-state index < -0.39 is 160 Å². The Morgan fingerprint density at radius 3 is 1.79 bits per heavy atom. The number of methoxy groups -OCH3 is 1. The van der Waals surface area contributed by atoms with Gasteiger partial charge in [0.05, 0.1) is 51.2 Å². The van der Waals surface area contributed by atoms with Crippen LogP contribution in [0.25, 0.3) is 21.5 Å². The number of ether oxygens (including phenoxy) is 11. The molecule has 14 heterocycles. The number of amides is 2. The summed E-state index contributed by atoms with van der Waals surface area (Å²) in [6, 6.07) is 24.8. The highest BCUT2D eigenvalue weighted by Gasteiger charge is 2.55. The first-order chi connectivity index (χ1) is 51.2. The number of anilines is 1. The molecule has 2 amide bonds. The lowest BCUT2D eigenvalue weighted by atomic mass is 9.78. The summed E-state index contributed by atoms with van der Waals surface area (Å²) < 4.78 is 69.4. The maximum absolute atomic E-state index is 14.4. The van der Waals surface area contributed by atoms with Gasteiger partial charge >= 0.3 is 0 Å². The summed E-state index contributed by atoms with van der Waals surface area (Å²) in [5.41, 5.74) is 6.61. The molecule has 12 saturated heterocycles. The molecule has 15 aliphatic rings. The maximum atomic E-state index is 14.4. The minimum Gasteiger partial charge on any atom is -0.496 e. The standard InChI is InChI=1S/C79H104N4O23/c1-78(2)57(82(49-27-23-43-15-6-8-19-47(43)61(49)78)37-59(88)80-31-13-35-99-70-52-22-12-34-97-71-53(39-84)103-76(66(93)65(71)92)105-74(67(70)94)56(42-87)102-52)29-25-45-17-10-18-46(69(45)96-5)26-30-58-79(3,4)62-48-20-9-7-16-44(48)24-28-50(62)83(58)38-60(89)81-32-14-36-100-75-68(95)72-54(40-85)104-77(75)106-73-55(41-86)101-51(21-11-33-98-72)63(90)64(73)91/h6-9,15-16,19-20,23-30,51-56,63-68,70-77,84-87,90-95H,10-14,17-18,21-22,31-42H2,1-5H3,(H-,80,81,88,89)/p+1/t51-,52-,53-,54-,55-,56-,63+,64-,65-,66-,67-,68+,70+,71-,72-,73-,74-,75-,76?,77?/m1/s1. The zero-order valence-corrected chi connectivity index (χ0v) is 60.8. The van der Waals surface area contributed by atoms with Gasteiger partial charge in [-0.15, -0.1) is 0 Å². The summed E-state index contributed by atoms with van der Waals surface area (Å²) in [6.07, 6.45) is -11.1. The van der Waals surface area contributed by atoms with Crippen LogP contribution < -0.4 is 15.5 Å². The first-order valence-corrected chi connectivity index (χ1v) is 37.5. The first-order valence-electron chi connectivity index (χ1n) is 37.5. The second-order valence-corrected chi connectivity index (χ2v) is 30.1. The normalized spacial score (nSPS) is 34.6. The van der Waals surface area contributed by atoms with Crippen molar-refractivity contribution in [3.05, 3.63) is 131 Å². The quantitative estimate of drug-likeness (QED) is 0.0397. The van der Waals surface area contributed by atoms with Crippen molar-refractivity contribution in [1.29, 1.82) is 0 Å². The molecule has 4 aromatic carbocycles. The number of aliphatic hydroxyl groups is 10. The van der Waals surface area contributed by atoms with Crippen molar-refractivity contribution in [2.24, 2.45) is 0 Å². The third-order valence-corrected chi connectivity index (χ3v) is 22.6. The van der Waals surface area contributed by atoms with Gasteiger partial charge in [-0.3, -0.25) is 9.59 Å². The second-order valence-electron chi connectivity index (χ2n) is 30.1. The van der Waals surface area contributed by atoms with E-state index in [-0.39, 0.29) is 70.8 Å². The van der Waals surface area contributed by atoms with Gasteiger partial charge in [-0.25, -0.2) is 0 Å². The third-order valence-electron chi connectivity index (χ3n) is 22.6. The molecule has 0 spiro atoms. The fourth-order valence-corrected chi connectivity index (χ4v) is 17.2. The fourth-order valence-electron chi connectivity index (χ4n) is 17.2. The number of carbonyl (C=O) groups is 2. The summed E-state index contributed by atoms with van der Waals surface area (Å²) in [5.74, 6) is 0.255. The number of carbonyl (C=O) groups excluding carboxylic acids is 2. The Morgan fingerprint density at radius 1 is 0.566 bits per heavy atom. The topological polar surface area (TPSA) is 368 Å². The first kappa shape index (κ1) is 77.9. The van der Waals surface area contributed by atoms with Gasteiger partial charge in [0.15, 0.2) is 18.3 Å². The molecule has 27 nitrogen and oxygen atoms in total. The number of nitrogens with zero attached hydrogens (tertiary/aromatic N) is 2. The Morgan fingerprint density at radius 2 is 1.12 bits per heavy atom. The molecule has 1 aliphatic carbocycles. The maximum Gasteiger partial charge on any atom is 0.286 e. The van der Waals surface area contributed by atoms with E-state index in [9.17, 15) is 60.7 Å². The SMILES string of the molecule is COC1=C(C=CC2=[N+](CC(=O)NCCCO[C@@H]3[C@@H](O)[C@@H]4OC5O[C@H](CO)[C@@H](OCCC[C@H]3O[C@@H]4CO)[C@H](O)[C@H]5O)c3ccc4ccccc4c3C2(C)C)CCCC1=CC=C1N(CC(=O)NCCCO[C@H]2C3O[C@H]4[C@H](O)[C@@H](O)[C@@H](CCCO[C@@H]([C@@H]2O)[C@@H](CO)O3)O[C@@H]4CO)c2ccc3ccccc3c2C1(C)C. The van der Waals surface area contributed by atoms with Gasteiger partial charge in [-0.05, 0) is 134 Å². The van der Waals surface area contributed by atoms with Crippen molar-refractivity contribution in [2.45, 2.75) is 219 Å². The molecule has 0 radical (unpaired) electrons. The lowest BCUT2D eigenvalue weighted by molar-refractivity contribution is -0.425. The van der Waals surface area contributed by atoms with Crippen molar-refractivity contribution < 1.29 is 117 Å². The average molecular weight is 1480 g/mol. The van der Waals surface area contributed by atoms with Gasteiger partial charge < -0.3 is 119 Å². The summed E-state index contributed by atoms with van der Waals surface area (Å²) in [7, 11) is 1.68. The van der Waals surface area contributed by atoms with E-state index in [0.29, 0.717) is 32.1 Å². The van der Waals surface area contributed by atoms with E-state index in [1.54, 1.807) is 7.11 Å². The van der Waals surface area contributed by atoms with E-state index in [1.165, 1.54) is 0 Å². The molecule has 8 bridgehead atoms. The Labute approximate surface area is 616 Å². The Kier molecular flexibility index (Phi) is 25.0. The van der Waals surface area contributed by atoms with Gasteiger partial charge in [-0.1, -0.05) is 74.5 Å². The van der Waals surface area contributed by atoms with Crippen molar-refractivity contribution in [2.75, 3.05) is 91.0 Å². The molecule has 19 rings (SSSR count). The number of aliphatic hydroxyl groups excluding tert-OH is 10. The Bertz CT molecular complexity index is 3910. The summed E-state index contributed by atoms with van der Waals surface area (Å²) in [5, 5.41) is 119. The zero-order chi connectivity index (χ0) is 74.7. The predicted molar refractivity (Wildman–Crippen MR) is 386 cm³/mol. The number of nitrogens with one attached hydrogen (secondary N) is 2. The van der Waals surface area contributed by atoms with Crippen molar-refractivity contribution in [3.8, 4) is 0 Å². The zero-order valence-electron chi connectivity index (χ0n) is 60.8. The molecule has 4 aromatic rings.